The van der Waals surface area contributed by atoms with Crippen molar-refractivity contribution in [2.24, 2.45) is 11.3 Å². The van der Waals surface area contributed by atoms with Gasteiger partial charge in [0.15, 0.2) is 0 Å². The maximum atomic E-state index is 4.02. The van der Waals surface area contributed by atoms with Crippen molar-refractivity contribution >= 4 is 0 Å². The molecule has 1 aliphatic rings. The summed E-state index contributed by atoms with van der Waals surface area (Å²) < 4.78 is 0. The van der Waals surface area contributed by atoms with E-state index in [1.54, 1.807) is 0 Å². The van der Waals surface area contributed by atoms with Crippen LogP contribution >= 0.6 is 0 Å². The van der Waals surface area contributed by atoms with Crippen molar-refractivity contribution in [2.45, 2.75) is 26.7 Å². The topological polar surface area (TPSA) is 0 Å². The Kier molecular flexibility index (Phi) is 2.56. The molecule has 1 rings (SSSR count). The second kappa shape index (κ2) is 3.30. The van der Waals surface area contributed by atoms with Crippen LogP contribution < -0.4 is 0 Å². The molecule has 0 saturated heterocycles. The van der Waals surface area contributed by atoms with Crippen LogP contribution in [0.5, 0.6) is 0 Å². The average molecular weight is 162 g/mol. The third kappa shape index (κ3) is 1.52. The van der Waals surface area contributed by atoms with Gasteiger partial charge in [0.2, 0.25) is 0 Å². The van der Waals surface area contributed by atoms with Crippen LogP contribution in [-0.4, -0.2) is 0 Å². The number of allylic oxidation sites excluding steroid dienone is 4. The fourth-order valence-electron chi connectivity index (χ4n) is 1.96. The molecule has 0 radical (unpaired) electrons. The molecular weight excluding hydrogens is 144 g/mol. The van der Waals surface area contributed by atoms with Gasteiger partial charge in [-0.05, 0) is 25.2 Å². The molecule has 0 fully saturated rings. The fraction of sp³-hybridized carbons (Fsp3) is 0.500. The van der Waals surface area contributed by atoms with Gasteiger partial charge in [-0.25, -0.2) is 0 Å². The third-order valence-electron chi connectivity index (χ3n) is 2.89. The zero-order chi connectivity index (χ0) is 9.19. The number of rotatable bonds is 2. The predicted octanol–water partition coefficient (Wildman–Crippen LogP) is 3.72. The Balaban J connectivity index is 2.93. The first-order chi connectivity index (χ1) is 5.60. The van der Waals surface area contributed by atoms with E-state index in [1.165, 1.54) is 18.4 Å². The van der Waals surface area contributed by atoms with Crippen molar-refractivity contribution in [2.75, 3.05) is 0 Å². The van der Waals surface area contributed by atoms with Crippen molar-refractivity contribution < 1.29 is 0 Å². The molecule has 0 aliphatic heterocycles. The van der Waals surface area contributed by atoms with Crippen molar-refractivity contribution in [1.82, 2.24) is 0 Å². The molecule has 0 spiro atoms. The summed E-state index contributed by atoms with van der Waals surface area (Å²) in [5, 5.41) is 0. The minimum atomic E-state index is 0.237. The average Bonchev–Trinajstić information content (AvgIpc) is 2.05. The first-order valence-electron chi connectivity index (χ1n) is 4.56. The minimum Gasteiger partial charge on any atom is -0.102 e. The van der Waals surface area contributed by atoms with Crippen LogP contribution in [0.4, 0.5) is 0 Å². The van der Waals surface area contributed by atoms with Crippen molar-refractivity contribution in [3.8, 4) is 0 Å². The second-order valence-electron chi connectivity index (χ2n) is 4.00. The fourth-order valence-corrected chi connectivity index (χ4v) is 1.96. The molecule has 66 valence electrons. The lowest BCUT2D eigenvalue weighted by Crippen LogP contribution is -2.26. The third-order valence-corrected chi connectivity index (χ3v) is 2.89. The van der Waals surface area contributed by atoms with E-state index in [1.807, 2.05) is 0 Å². The van der Waals surface area contributed by atoms with Crippen molar-refractivity contribution in [3.05, 3.63) is 37.0 Å². The normalized spacial score (nSPS) is 34.7. The monoisotopic (exact) mass is 162 g/mol. The summed E-state index contributed by atoms with van der Waals surface area (Å²) in [4.78, 5) is 0. The molecule has 0 aromatic rings. The van der Waals surface area contributed by atoms with Crippen LogP contribution in [0.3, 0.4) is 0 Å². The Bertz CT molecular complexity index is 222. The van der Waals surface area contributed by atoms with Gasteiger partial charge in [0.1, 0.15) is 0 Å². The smallest absolute Gasteiger partial charge is 0.00597 e. The molecule has 1 aliphatic carbocycles. The molecule has 0 heterocycles. The molecule has 0 nitrogen and oxygen atoms in total. The first kappa shape index (κ1) is 9.31. The van der Waals surface area contributed by atoms with Gasteiger partial charge in [0.05, 0.1) is 0 Å². The van der Waals surface area contributed by atoms with Gasteiger partial charge >= 0.3 is 0 Å². The maximum absolute atomic E-state index is 4.02. The second-order valence-corrected chi connectivity index (χ2v) is 4.00. The number of hydrogen-bond acceptors (Lipinski definition) is 0. The molecule has 0 heteroatoms. The predicted molar refractivity (Wildman–Crippen MR) is 55.0 cm³/mol. The molecule has 2 atom stereocenters. The number of hydrogen-bond donors (Lipinski definition) is 0. The van der Waals surface area contributed by atoms with Crippen LogP contribution in [0.15, 0.2) is 37.0 Å². The first-order valence-corrected chi connectivity index (χ1v) is 4.56. The summed E-state index contributed by atoms with van der Waals surface area (Å²) in [7, 11) is 0. The Morgan fingerprint density at radius 2 is 2.33 bits per heavy atom. The zero-order valence-electron chi connectivity index (χ0n) is 8.14. The molecule has 12 heavy (non-hydrogen) atoms. The summed E-state index contributed by atoms with van der Waals surface area (Å²) in [5.74, 6) is 0.490. The highest BCUT2D eigenvalue weighted by atomic mass is 14.3. The zero-order valence-corrected chi connectivity index (χ0v) is 8.14. The SMILES string of the molecule is C=C[C@]1(C)CCC=C[C@@H]1C(=C)C. The van der Waals surface area contributed by atoms with Gasteiger partial charge in [-0.1, -0.05) is 37.3 Å². The summed E-state index contributed by atoms with van der Waals surface area (Å²) in [6.45, 7) is 12.3. The largest absolute Gasteiger partial charge is 0.102 e. The van der Waals surface area contributed by atoms with E-state index < -0.39 is 0 Å². The molecular formula is C12H18. The summed E-state index contributed by atoms with van der Waals surface area (Å²) >= 11 is 0. The highest BCUT2D eigenvalue weighted by Gasteiger charge is 2.31. The minimum absolute atomic E-state index is 0.237. The lowest BCUT2D eigenvalue weighted by molar-refractivity contribution is 0.307. The molecule has 0 N–H and O–H groups in total. The van der Waals surface area contributed by atoms with Crippen LogP contribution in [-0.2, 0) is 0 Å². The molecule has 0 amide bonds. The summed E-state index contributed by atoms with van der Waals surface area (Å²) in [6, 6.07) is 0. The molecule has 0 saturated carbocycles. The van der Waals surface area contributed by atoms with Gasteiger partial charge in [0, 0.05) is 5.92 Å². The van der Waals surface area contributed by atoms with Crippen LogP contribution in [0.1, 0.15) is 26.7 Å². The van der Waals surface area contributed by atoms with E-state index in [0.717, 1.165) is 0 Å². The Labute approximate surface area is 75.7 Å². The lowest BCUT2D eigenvalue weighted by Gasteiger charge is -2.36. The van der Waals surface area contributed by atoms with Gasteiger partial charge in [-0.3, -0.25) is 0 Å². The molecule has 0 bridgehead atoms. The van der Waals surface area contributed by atoms with Gasteiger partial charge < -0.3 is 0 Å². The van der Waals surface area contributed by atoms with Gasteiger partial charge in [-0.15, -0.1) is 6.58 Å². The van der Waals surface area contributed by atoms with E-state index in [0.29, 0.717) is 5.92 Å². The maximum Gasteiger partial charge on any atom is 0.00597 e. The quantitative estimate of drug-likeness (QED) is 0.543. The van der Waals surface area contributed by atoms with E-state index >= 15 is 0 Å². The molecule has 0 aromatic heterocycles. The van der Waals surface area contributed by atoms with Crippen molar-refractivity contribution in [1.29, 1.82) is 0 Å². The standard InChI is InChI=1S/C12H18/c1-5-12(4)9-7-6-8-11(12)10(2)3/h5-6,8,11H,1-2,7,9H2,3-4H3/t11-,12-/m1/s1. The Morgan fingerprint density at radius 3 is 2.75 bits per heavy atom. The highest BCUT2D eigenvalue weighted by Crippen LogP contribution is 2.41. The van der Waals surface area contributed by atoms with E-state index in [9.17, 15) is 0 Å². The van der Waals surface area contributed by atoms with Crippen LogP contribution in [0, 0.1) is 11.3 Å². The Hall–Kier alpha value is -0.780. The van der Waals surface area contributed by atoms with Crippen LogP contribution in [0.25, 0.3) is 0 Å². The summed E-state index contributed by atoms with van der Waals surface area (Å²) in [6.07, 6.45) is 8.98. The molecule has 0 unspecified atom stereocenters. The van der Waals surface area contributed by atoms with E-state index in [-0.39, 0.29) is 5.41 Å². The van der Waals surface area contributed by atoms with Crippen LogP contribution in [0.2, 0.25) is 0 Å². The summed E-state index contributed by atoms with van der Waals surface area (Å²) in [5.41, 5.74) is 1.48. The lowest BCUT2D eigenvalue weighted by atomic mass is 9.68. The van der Waals surface area contributed by atoms with Gasteiger partial charge in [0.25, 0.3) is 0 Å². The molecule has 0 aromatic carbocycles. The van der Waals surface area contributed by atoms with E-state index in [4.69, 9.17) is 0 Å². The Morgan fingerprint density at radius 1 is 1.67 bits per heavy atom. The highest BCUT2D eigenvalue weighted by molar-refractivity contribution is 5.19. The van der Waals surface area contributed by atoms with Gasteiger partial charge in [-0.2, -0.15) is 0 Å². The van der Waals surface area contributed by atoms with E-state index in [2.05, 4.69) is 45.2 Å². The van der Waals surface area contributed by atoms with Crippen molar-refractivity contribution in [3.63, 3.8) is 0 Å².